The van der Waals surface area contributed by atoms with E-state index in [9.17, 15) is 9.90 Å². The molecule has 0 amide bonds. The van der Waals surface area contributed by atoms with E-state index in [4.69, 9.17) is 0 Å². The molecule has 1 aliphatic heterocycles. The second kappa shape index (κ2) is 6.20. The molecule has 0 saturated carbocycles. The van der Waals surface area contributed by atoms with Gasteiger partial charge in [0.1, 0.15) is 6.17 Å². The third-order valence-corrected chi connectivity index (χ3v) is 3.17. The smallest absolute Gasteiger partial charge is 0.335 e. The average Bonchev–Trinajstić information content (AvgIpc) is 2.46. The first kappa shape index (κ1) is 13.4. The molecule has 1 aliphatic rings. The molecule has 4 heteroatoms. The average molecular weight is 258 g/mol. The van der Waals surface area contributed by atoms with Crippen molar-refractivity contribution in [3.8, 4) is 0 Å². The zero-order valence-corrected chi connectivity index (χ0v) is 10.9. The van der Waals surface area contributed by atoms with Crippen LogP contribution in [0.3, 0.4) is 0 Å². The van der Waals surface area contributed by atoms with Crippen molar-refractivity contribution >= 4 is 5.97 Å². The number of nitrogens with one attached hydrogen (secondary N) is 1. The van der Waals surface area contributed by atoms with Crippen molar-refractivity contribution in [3.05, 3.63) is 59.8 Å². The predicted molar refractivity (Wildman–Crippen MR) is 74.3 cm³/mol. The van der Waals surface area contributed by atoms with Gasteiger partial charge < -0.3 is 10.4 Å². The lowest BCUT2D eigenvalue weighted by Crippen LogP contribution is -2.47. The quantitative estimate of drug-likeness (QED) is 0.847. The Morgan fingerprint density at radius 1 is 1.37 bits per heavy atom. The number of benzene rings is 1. The van der Waals surface area contributed by atoms with E-state index in [0.717, 1.165) is 6.54 Å². The molecule has 0 aromatic heterocycles. The molecule has 1 aromatic carbocycles. The van der Waals surface area contributed by atoms with Crippen molar-refractivity contribution in [3.63, 3.8) is 0 Å². The second-order valence-electron chi connectivity index (χ2n) is 4.40. The van der Waals surface area contributed by atoms with E-state index >= 15 is 0 Å². The van der Waals surface area contributed by atoms with Crippen molar-refractivity contribution in [2.24, 2.45) is 0 Å². The molecule has 19 heavy (non-hydrogen) atoms. The van der Waals surface area contributed by atoms with Crippen LogP contribution in [0, 0.1) is 0 Å². The first-order valence-corrected chi connectivity index (χ1v) is 6.36. The van der Waals surface area contributed by atoms with Gasteiger partial charge in [0.2, 0.25) is 0 Å². The fourth-order valence-electron chi connectivity index (χ4n) is 2.17. The molecular weight excluding hydrogens is 240 g/mol. The molecule has 2 N–H and O–H groups in total. The van der Waals surface area contributed by atoms with Gasteiger partial charge in [-0.3, -0.25) is 4.90 Å². The minimum atomic E-state index is -0.881. The Morgan fingerprint density at radius 3 is 2.74 bits per heavy atom. The van der Waals surface area contributed by atoms with Gasteiger partial charge in [0, 0.05) is 6.54 Å². The lowest BCUT2D eigenvalue weighted by Gasteiger charge is -2.32. The molecule has 1 aromatic rings. The van der Waals surface area contributed by atoms with Gasteiger partial charge in [0.25, 0.3) is 0 Å². The number of likely N-dealkylation sites (N-methyl/N-ethyl adjacent to an activating group) is 1. The van der Waals surface area contributed by atoms with Gasteiger partial charge in [-0.2, -0.15) is 0 Å². The highest BCUT2D eigenvalue weighted by Crippen LogP contribution is 2.15. The first-order valence-electron chi connectivity index (χ1n) is 6.36. The zero-order valence-electron chi connectivity index (χ0n) is 10.9. The Morgan fingerprint density at radius 2 is 2.11 bits per heavy atom. The number of allylic oxidation sites excluding steroid dienone is 2. The summed E-state index contributed by atoms with van der Waals surface area (Å²) in [5, 5.41) is 12.4. The van der Waals surface area contributed by atoms with E-state index in [2.05, 4.69) is 10.2 Å². The minimum Gasteiger partial charge on any atom is -0.478 e. The van der Waals surface area contributed by atoms with Crippen LogP contribution >= 0.6 is 0 Å². The van der Waals surface area contributed by atoms with Crippen LogP contribution in [0.1, 0.15) is 12.5 Å². The summed E-state index contributed by atoms with van der Waals surface area (Å²) in [4.78, 5) is 13.4. The summed E-state index contributed by atoms with van der Waals surface area (Å²) in [6.45, 7) is 3.51. The minimum absolute atomic E-state index is 0.285. The molecule has 2 rings (SSSR count). The highest BCUT2D eigenvalue weighted by molar-refractivity contribution is 5.88. The number of hydrogen-bond donors (Lipinski definition) is 2. The third-order valence-electron chi connectivity index (χ3n) is 3.17. The maximum atomic E-state index is 11.3. The fraction of sp³-hybridized carbons (Fsp3) is 0.267. The molecule has 100 valence electrons. The van der Waals surface area contributed by atoms with Gasteiger partial charge in [-0.05, 0) is 30.5 Å². The molecule has 1 unspecified atom stereocenters. The van der Waals surface area contributed by atoms with Crippen LogP contribution in [0.5, 0.6) is 0 Å². The monoisotopic (exact) mass is 258 g/mol. The zero-order chi connectivity index (χ0) is 13.7. The number of carboxylic acids is 1. The topological polar surface area (TPSA) is 52.6 Å². The molecule has 0 fully saturated rings. The van der Waals surface area contributed by atoms with Crippen LogP contribution in [0.25, 0.3) is 0 Å². The second-order valence-corrected chi connectivity index (χ2v) is 4.40. The Hall–Kier alpha value is -2.07. The Bertz CT molecular complexity index is 494. The van der Waals surface area contributed by atoms with Gasteiger partial charge in [-0.25, -0.2) is 4.79 Å². The molecule has 1 heterocycles. The highest BCUT2D eigenvalue weighted by atomic mass is 16.4. The molecular formula is C15H18N2O2. The van der Waals surface area contributed by atoms with Crippen molar-refractivity contribution in [1.29, 1.82) is 0 Å². The number of aliphatic carboxylic acids is 1. The number of hydrogen-bond acceptors (Lipinski definition) is 3. The van der Waals surface area contributed by atoms with Gasteiger partial charge in [0.15, 0.2) is 0 Å². The number of rotatable bonds is 5. The van der Waals surface area contributed by atoms with Crippen LogP contribution < -0.4 is 5.32 Å². The summed E-state index contributed by atoms with van der Waals surface area (Å²) in [5.41, 5.74) is 1.55. The Balaban J connectivity index is 2.15. The van der Waals surface area contributed by atoms with Crippen molar-refractivity contribution < 1.29 is 9.90 Å². The molecule has 4 nitrogen and oxygen atoms in total. The van der Waals surface area contributed by atoms with E-state index in [-0.39, 0.29) is 6.17 Å². The lowest BCUT2D eigenvalue weighted by atomic mass is 10.1. The van der Waals surface area contributed by atoms with Gasteiger partial charge in [-0.15, -0.1) is 0 Å². The number of carbonyl (C=O) groups is 1. The fourth-order valence-corrected chi connectivity index (χ4v) is 2.17. The largest absolute Gasteiger partial charge is 0.478 e. The SMILES string of the molecule is CCN(Cc1ccccc1)C1NC=CC=C1C(=O)O. The summed E-state index contributed by atoms with van der Waals surface area (Å²) < 4.78 is 0. The van der Waals surface area contributed by atoms with E-state index in [1.807, 2.05) is 37.3 Å². The molecule has 0 spiro atoms. The van der Waals surface area contributed by atoms with E-state index in [0.29, 0.717) is 12.1 Å². The summed E-state index contributed by atoms with van der Waals surface area (Å²) in [7, 11) is 0. The van der Waals surface area contributed by atoms with Crippen molar-refractivity contribution in [1.82, 2.24) is 10.2 Å². The van der Waals surface area contributed by atoms with Gasteiger partial charge >= 0.3 is 5.97 Å². The van der Waals surface area contributed by atoms with Crippen molar-refractivity contribution in [2.45, 2.75) is 19.6 Å². The van der Waals surface area contributed by atoms with Crippen LogP contribution in [0.4, 0.5) is 0 Å². The molecule has 0 saturated heterocycles. The summed E-state index contributed by atoms with van der Waals surface area (Å²) in [5.74, 6) is -0.881. The van der Waals surface area contributed by atoms with Gasteiger partial charge in [-0.1, -0.05) is 37.3 Å². The summed E-state index contributed by atoms with van der Waals surface area (Å²) >= 11 is 0. The Labute approximate surface area is 113 Å². The standard InChI is InChI=1S/C15H18N2O2/c1-2-17(11-12-7-4-3-5-8-12)14-13(15(18)19)9-6-10-16-14/h3-10,14,16H,2,11H2,1H3,(H,18,19). The van der Waals surface area contributed by atoms with Crippen molar-refractivity contribution in [2.75, 3.05) is 6.54 Å². The Kier molecular flexibility index (Phi) is 4.36. The molecule has 0 aliphatic carbocycles. The lowest BCUT2D eigenvalue weighted by molar-refractivity contribution is -0.133. The van der Waals surface area contributed by atoms with Crippen LogP contribution in [-0.4, -0.2) is 28.7 Å². The molecule has 0 radical (unpaired) electrons. The number of carboxylic acid groups (broad SMARTS) is 1. The van der Waals surface area contributed by atoms with Crippen LogP contribution in [0.2, 0.25) is 0 Å². The van der Waals surface area contributed by atoms with E-state index in [1.54, 1.807) is 18.4 Å². The molecule has 1 atom stereocenters. The number of nitrogens with zero attached hydrogens (tertiary/aromatic N) is 1. The highest BCUT2D eigenvalue weighted by Gasteiger charge is 2.26. The summed E-state index contributed by atoms with van der Waals surface area (Å²) in [6, 6.07) is 10.1. The van der Waals surface area contributed by atoms with Crippen LogP contribution in [-0.2, 0) is 11.3 Å². The normalized spacial score (nSPS) is 18.0. The molecule has 0 bridgehead atoms. The van der Waals surface area contributed by atoms with E-state index in [1.165, 1.54) is 5.56 Å². The van der Waals surface area contributed by atoms with Crippen LogP contribution in [0.15, 0.2) is 54.3 Å². The number of dihydropyridines is 1. The maximum absolute atomic E-state index is 11.3. The first-order chi connectivity index (χ1) is 9.22. The maximum Gasteiger partial charge on any atom is 0.335 e. The summed E-state index contributed by atoms with van der Waals surface area (Å²) in [6.07, 6.45) is 4.87. The van der Waals surface area contributed by atoms with E-state index < -0.39 is 5.97 Å². The van der Waals surface area contributed by atoms with Gasteiger partial charge in [0.05, 0.1) is 5.57 Å². The predicted octanol–water partition coefficient (Wildman–Crippen LogP) is 1.96. The third kappa shape index (κ3) is 3.23.